The summed E-state index contributed by atoms with van der Waals surface area (Å²) < 4.78 is 5.86. The molecule has 0 spiro atoms. The molecule has 1 aliphatic rings. The normalized spacial score (nSPS) is 19.2. The molecule has 1 aliphatic heterocycles. The van der Waals surface area contributed by atoms with Crippen molar-refractivity contribution in [3.05, 3.63) is 29.1 Å². The molecule has 2 aromatic rings. The highest BCUT2D eigenvalue weighted by atomic mass is 35.5. The lowest BCUT2D eigenvalue weighted by atomic mass is 9.96. The average Bonchev–Trinajstić information content (AvgIpc) is 2.90. The van der Waals surface area contributed by atoms with Gasteiger partial charge in [0.2, 0.25) is 0 Å². The van der Waals surface area contributed by atoms with Gasteiger partial charge in [0.05, 0.1) is 6.10 Å². The van der Waals surface area contributed by atoms with Crippen molar-refractivity contribution in [2.75, 3.05) is 19.6 Å². The molecule has 0 bridgehead atoms. The quantitative estimate of drug-likeness (QED) is 0.940. The molecule has 1 fully saturated rings. The van der Waals surface area contributed by atoms with Crippen LogP contribution in [0.25, 0.3) is 11.1 Å². The summed E-state index contributed by atoms with van der Waals surface area (Å²) in [6, 6.07) is 5.55. The molecule has 0 aliphatic carbocycles. The van der Waals surface area contributed by atoms with Gasteiger partial charge in [0, 0.05) is 17.5 Å². The van der Waals surface area contributed by atoms with Gasteiger partial charge in [0.25, 0.3) is 0 Å². The summed E-state index contributed by atoms with van der Waals surface area (Å²) in [7, 11) is 0. The minimum absolute atomic E-state index is 0.215. The van der Waals surface area contributed by atoms with Gasteiger partial charge in [0.15, 0.2) is 11.5 Å². The lowest BCUT2D eigenvalue weighted by Crippen LogP contribution is -2.38. The van der Waals surface area contributed by atoms with E-state index in [1.54, 1.807) is 0 Å². The van der Waals surface area contributed by atoms with Crippen LogP contribution in [0.1, 0.15) is 38.0 Å². The first-order valence-corrected chi connectivity index (χ1v) is 8.00. The van der Waals surface area contributed by atoms with E-state index in [1.807, 2.05) is 25.1 Å². The van der Waals surface area contributed by atoms with Crippen molar-refractivity contribution >= 4 is 22.7 Å². The number of benzene rings is 1. The van der Waals surface area contributed by atoms with E-state index in [0.29, 0.717) is 10.9 Å². The van der Waals surface area contributed by atoms with E-state index >= 15 is 0 Å². The van der Waals surface area contributed by atoms with E-state index in [4.69, 9.17) is 16.0 Å². The fraction of sp³-hybridized carbons (Fsp3) is 0.562. The number of aliphatic hydroxyl groups is 1. The number of oxazole rings is 1. The van der Waals surface area contributed by atoms with Crippen molar-refractivity contribution in [3.8, 4) is 0 Å². The summed E-state index contributed by atoms with van der Waals surface area (Å²) in [5.41, 5.74) is 1.64. The number of fused-ring (bicyclic) bond motifs is 1. The highest BCUT2D eigenvalue weighted by Crippen LogP contribution is 2.30. The maximum Gasteiger partial charge on any atom is 0.198 e. The number of β-amino-alcohol motifs (C(OH)–C–C–N with tert-alkyl or cyclic N) is 1. The van der Waals surface area contributed by atoms with Gasteiger partial charge in [-0.2, -0.15) is 0 Å². The molecule has 1 unspecified atom stereocenters. The van der Waals surface area contributed by atoms with Crippen LogP contribution in [-0.2, 0) is 0 Å². The maximum atomic E-state index is 9.73. The number of likely N-dealkylation sites (tertiary alicyclic amines) is 1. The predicted octanol–water partition coefficient (Wildman–Crippen LogP) is 3.43. The number of nitrogens with zero attached hydrogens (tertiary/aromatic N) is 2. The van der Waals surface area contributed by atoms with Crippen LogP contribution >= 0.6 is 11.6 Å². The summed E-state index contributed by atoms with van der Waals surface area (Å²) in [6.07, 6.45) is 2.65. The highest BCUT2D eigenvalue weighted by molar-refractivity contribution is 6.31. The van der Waals surface area contributed by atoms with Gasteiger partial charge in [-0.15, -0.1) is 0 Å². The first-order chi connectivity index (χ1) is 10.2. The standard InChI is InChI=1S/C16H21ClN2O2/c1-2-13(20)10-19-7-5-11(6-8-19)16-18-14-9-12(17)3-4-15(14)21-16/h3-4,9,11,13,20H,2,5-8,10H2,1H3. The Balaban J connectivity index is 1.65. The van der Waals surface area contributed by atoms with Crippen molar-refractivity contribution in [1.29, 1.82) is 0 Å². The van der Waals surface area contributed by atoms with Gasteiger partial charge in [-0.25, -0.2) is 4.98 Å². The number of hydrogen-bond acceptors (Lipinski definition) is 4. The minimum Gasteiger partial charge on any atom is -0.440 e. The van der Waals surface area contributed by atoms with E-state index in [2.05, 4.69) is 9.88 Å². The van der Waals surface area contributed by atoms with Crippen LogP contribution in [0, 0.1) is 0 Å². The first kappa shape index (κ1) is 14.8. The van der Waals surface area contributed by atoms with Crippen LogP contribution in [0.3, 0.4) is 0 Å². The first-order valence-electron chi connectivity index (χ1n) is 7.62. The van der Waals surface area contributed by atoms with Crippen molar-refractivity contribution in [3.63, 3.8) is 0 Å². The van der Waals surface area contributed by atoms with E-state index in [9.17, 15) is 5.11 Å². The summed E-state index contributed by atoms with van der Waals surface area (Å²) in [6.45, 7) is 4.76. The van der Waals surface area contributed by atoms with Crippen molar-refractivity contribution in [1.82, 2.24) is 9.88 Å². The van der Waals surface area contributed by atoms with Crippen molar-refractivity contribution < 1.29 is 9.52 Å². The van der Waals surface area contributed by atoms with E-state index in [-0.39, 0.29) is 6.10 Å². The fourth-order valence-corrected chi connectivity index (χ4v) is 3.05. The molecule has 1 aromatic carbocycles. The third-order valence-corrected chi connectivity index (χ3v) is 4.48. The van der Waals surface area contributed by atoms with Crippen molar-refractivity contribution in [2.45, 2.75) is 38.2 Å². The third kappa shape index (κ3) is 3.39. The second-order valence-corrected chi connectivity index (χ2v) is 6.24. The lowest BCUT2D eigenvalue weighted by molar-refractivity contribution is 0.0924. The molecule has 5 heteroatoms. The summed E-state index contributed by atoms with van der Waals surface area (Å²) in [4.78, 5) is 6.90. The predicted molar refractivity (Wildman–Crippen MR) is 83.7 cm³/mol. The largest absolute Gasteiger partial charge is 0.440 e. The summed E-state index contributed by atoms with van der Waals surface area (Å²) >= 11 is 5.98. The molecule has 4 nitrogen and oxygen atoms in total. The number of hydrogen-bond donors (Lipinski definition) is 1. The molecular formula is C16H21ClN2O2. The maximum absolute atomic E-state index is 9.73. The Morgan fingerprint density at radius 1 is 1.43 bits per heavy atom. The SMILES string of the molecule is CCC(O)CN1CCC(c2nc3cc(Cl)ccc3o2)CC1. The Kier molecular flexibility index (Phi) is 4.48. The van der Waals surface area contributed by atoms with Gasteiger partial charge >= 0.3 is 0 Å². The second-order valence-electron chi connectivity index (χ2n) is 5.80. The fourth-order valence-electron chi connectivity index (χ4n) is 2.88. The molecule has 21 heavy (non-hydrogen) atoms. The van der Waals surface area contributed by atoms with Crippen LogP contribution in [0.15, 0.2) is 22.6 Å². The zero-order chi connectivity index (χ0) is 14.8. The van der Waals surface area contributed by atoms with Crippen LogP contribution in [0.4, 0.5) is 0 Å². The number of aromatic nitrogens is 1. The highest BCUT2D eigenvalue weighted by Gasteiger charge is 2.25. The lowest BCUT2D eigenvalue weighted by Gasteiger charge is -2.31. The zero-order valence-corrected chi connectivity index (χ0v) is 13.0. The van der Waals surface area contributed by atoms with Crippen LogP contribution in [0.5, 0.6) is 0 Å². The van der Waals surface area contributed by atoms with Gasteiger partial charge < -0.3 is 14.4 Å². The number of aliphatic hydroxyl groups excluding tert-OH is 1. The zero-order valence-electron chi connectivity index (χ0n) is 12.3. The summed E-state index contributed by atoms with van der Waals surface area (Å²) in [5.74, 6) is 1.19. The molecule has 0 saturated carbocycles. The van der Waals surface area contributed by atoms with Gasteiger partial charge in [-0.05, 0) is 50.6 Å². The molecule has 2 heterocycles. The monoisotopic (exact) mass is 308 g/mol. The molecule has 114 valence electrons. The van der Waals surface area contributed by atoms with Crippen molar-refractivity contribution in [2.24, 2.45) is 0 Å². The number of piperidine rings is 1. The Morgan fingerprint density at radius 3 is 2.90 bits per heavy atom. The molecule has 0 amide bonds. The minimum atomic E-state index is -0.215. The third-order valence-electron chi connectivity index (χ3n) is 4.24. The smallest absolute Gasteiger partial charge is 0.198 e. The molecule has 1 N–H and O–H groups in total. The topological polar surface area (TPSA) is 49.5 Å². The molecule has 0 radical (unpaired) electrons. The molecule has 1 atom stereocenters. The van der Waals surface area contributed by atoms with Crippen LogP contribution in [0.2, 0.25) is 5.02 Å². The van der Waals surface area contributed by atoms with E-state index < -0.39 is 0 Å². The summed E-state index contributed by atoms with van der Waals surface area (Å²) in [5, 5.41) is 10.4. The Labute approximate surface area is 129 Å². The van der Waals surface area contributed by atoms with Gasteiger partial charge in [0.1, 0.15) is 5.52 Å². The number of rotatable bonds is 4. The van der Waals surface area contributed by atoms with E-state index in [1.165, 1.54) is 0 Å². The molecule has 3 rings (SSSR count). The van der Waals surface area contributed by atoms with Gasteiger partial charge in [-0.1, -0.05) is 18.5 Å². The average molecular weight is 309 g/mol. The number of halogens is 1. The Hall–Kier alpha value is -1.10. The van der Waals surface area contributed by atoms with Crippen LogP contribution < -0.4 is 0 Å². The molecule has 1 aromatic heterocycles. The van der Waals surface area contributed by atoms with Gasteiger partial charge in [-0.3, -0.25) is 0 Å². The van der Waals surface area contributed by atoms with E-state index in [0.717, 1.165) is 55.9 Å². The second kappa shape index (κ2) is 6.34. The van der Waals surface area contributed by atoms with Crippen LogP contribution in [-0.4, -0.2) is 40.7 Å². The molecule has 1 saturated heterocycles. The Morgan fingerprint density at radius 2 is 2.19 bits per heavy atom. The Bertz CT molecular complexity index is 605. The molecular weight excluding hydrogens is 288 g/mol.